The fourth-order valence-electron chi connectivity index (χ4n) is 2.92. The molecule has 0 saturated heterocycles. The second-order valence-electron chi connectivity index (χ2n) is 6.65. The molecule has 2 aromatic carbocycles. The molecule has 3 aromatic rings. The zero-order valence-electron chi connectivity index (χ0n) is 15.5. The number of hydrogen-bond acceptors (Lipinski definition) is 3. The fraction of sp³-hybridized carbons (Fsp3) is 0.273. The van der Waals surface area contributed by atoms with Crippen LogP contribution in [-0.2, 0) is 6.42 Å². The molecule has 26 heavy (non-hydrogen) atoms. The van der Waals surface area contributed by atoms with Gasteiger partial charge in [-0.2, -0.15) is 0 Å². The maximum Gasteiger partial charge on any atom is 0.270 e. The number of nitrogens with one attached hydrogen (secondary N) is 1. The van der Waals surface area contributed by atoms with Crippen LogP contribution in [0.5, 0.6) is 5.75 Å². The van der Waals surface area contributed by atoms with Gasteiger partial charge in [0.2, 0.25) is 0 Å². The lowest BCUT2D eigenvalue weighted by atomic mass is 9.98. The highest BCUT2D eigenvalue weighted by Crippen LogP contribution is 2.23. The summed E-state index contributed by atoms with van der Waals surface area (Å²) in [5, 5.41) is 4.92. The van der Waals surface area contributed by atoms with Crippen molar-refractivity contribution in [2.24, 2.45) is 0 Å². The lowest BCUT2D eigenvalue weighted by Crippen LogP contribution is -2.26. The van der Waals surface area contributed by atoms with E-state index in [1.165, 1.54) is 5.56 Å². The lowest BCUT2D eigenvalue weighted by molar-refractivity contribution is 0.0951. The van der Waals surface area contributed by atoms with Crippen LogP contribution in [0.4, 0.5) is 0 Å². The van der Waals surface area contributed by atoms with E-state index in [1.807, 2.05) is 30.3 Å². The van der Waals surface area contributed by atoms with E-state index in [-0.39, 0.29) is 5.91 Å². The number of ether oxygens (including phenoxy) is 1. The summed E-state index contributed by atoms with van der Waals surface area (Å²) in [4.78, 5) is 17.0. The van der Waals surface area contributed by atoms with E-state index in [4.69, 9.17) is 4.74 Å². The Morgan fingerprint density at radius 2 is 1.88 bits per heavy atom. The van der Waals surface area contributed by atoms with Crippen LogP contribution in [0.2, 0.25) is 0 Å². The van der Waals surface area contributed by atoms with Gasteiger partial charge in [-0.25, -0.2) is 0 Å². The third-order valence-electron chi connectivity index (χ3n) is 4.53. The molecule has 0 aliphatic rings. The van der Waals surface area contributed by atoms with Gasteiger partial charge < -0.3 is 10.1 Å². The van der Waals surface area contributed by atoms with E-state index in [9.17, 15) is 4.79 Å². The molecule has 0 fully saturated rings. The Balaban J connectivity index is 1.71. The van der Waals surface area contributed by atoms with Crippen LogP contribution in [0.1, 0.15) is 41.4 Å². The van der Waals surface area contributed by atoms with Crippen LogP contribution in [0, 0.1) is 0 Å². The van der Waals surface area contributed by atoms with Gasteiger partial charge in [-0.15, -0.1) is 0 Å². The first-order chi connectivity index (χ1) is 12.6. The summed E-state index contributed by atoms with van der Waals surface area (Å²) in [6.45, 7) is 4.85. The molecule has 0 spiro atoms. The van der Waals surface area contributed by atoms with Crippen molar-refractivity contribution in [3.8, 4) is 5.75 Å². The SMILES string of the molecule is COc1ccc(CCNC(=O)c2nccc3ccc(C(C)C)cc23)cc1. The molecule has 0 bridgehead atoms. The number of benzene rings is 2. The van der Waals surface area contributed by atoms with Crippen molar-refractivity contribution >= 4 is 16.7 Å². The molecule has 0 unspecified atom stereocenters. The van der Waals surface area contributed by atoms with Crippen molar-refractivity contribution in [1.29, 1.82) is 0 Å². The minimum absolute atomic E-state index is 0.134. The minimum Gasteiger partial charge on any atom is -0.497 e. The van der Waals surface area contributed by atoms with Crippen molar-refractivity contribution < 1.29 is 9.53 Å². The number of nitrogens with zero attached hydrogens (tertiary/aromatic N) is 1. The summed E-state index contributed by atoms with van der Waals surface area (Å²) in [6, 6.07) is 16.1. The molecular weight excluding hydrogens is 324 g/mol. The van der Waals surface area contributed by atoms with Gasteiger partial charge in [0.15, 0.2) is 0 Å². The monoisotopic (exact) mass is 348 g/mol. The number of carbonyl (C=O) groups is 1. The minimum atomic E-state index is -0.134. The Hall–Kier alpha value is -2.88. The number of amides is 1. The molecule has 1 aromatic heterocycles. The molecule has 1 amide bonds. The van der Waals surface area contributed by atoms with Gasteiger partial charge in [0.1, 0.15) is 11.4 Å². The Bertz CT molecular complexity index is 902. The van der Waals surface area contributed by atoms with Crippen LogP contribution >= 0.6 is 0 Å². The molecular formula is C22H24N2O2. The normalized spacial score (nSPS) is 10.9. The maximum atomic E-state index is 12.6. The number of methoxy groups -OCH3 is 1. The summed E-state index contributed by atoms with van der Waals surface area (Å²) in [7, 11) is 1.65. The quantitative estimate of drug-likeness (QED) is 0.721. The van der Waals surface area contributed by atoms with E-state index in [0.29, 0.717) is 18.2 Å². The molecule has 0 aliphatic heterocycles. The first kappa shape index (κ1) is 17.9. The lowest BCUT2D eigenvalue weighted by Gasteiger charge is -2.10. The number of rotatable bonds is 6. The van der Waals surface area contributed by atoms with E-state index in [0.717, 1.165) is 28.5 Å². The number of carbonyl (C=O) groups excluding carboxylic acids is 1. The van der Waals surface area contributed by atoms with Crippen LogP contribution in [0.25, 0.3) is 10.8 Å². The van der Waals surface area contributed by atoms with E-state index >= 15 is 0 Å². The first-order valence-electron chi connectivity index (χ1n) is 8.88. The van der Waals surface area contributed by atoms with Gasteiger partial charge in [-0.1, -0.05) is 38.1 Å². The van der Waals surface area contributed by atoms with Crippen molar-refractivity contribution in [3.63, 3.8) is 0 Å². The molecule has 1 heterocycles. The molecule has 1 N–H and O–H groups in total. The third-order valence-corrected chi connectivity index (χ3v) is 4.53. The second-order valence-corrected chi connectivity index (χ2v) is 6.65. The zero-order chi connectivity index (χ0) is 18.5. The molecule has 134 valence electrons. The first-order valence-corrected chi connectivity index (χ1v) is 8.88. The van der Waals surface area contributed by atoms with Crippen LogP contribution < -0.4 is 10.1 Å². The van der Waals surface area contributed by atoms with Gasteiger partial charge in [-0.3, -0.25) is 9.78 Å². The van der Waals surface area contributed by atoms with E-state index < -0.39 is 0 Å². The van der Waals surface area contributed by atoms with E-state index in [2.05, 4.69) is 42.3 Å². The number of aromatic nitrogens is 1. The smallest absolute Gasteiger partial charge is 0.270 e. The highest BCUT2D eigenvalue weighted by Gasteiger charge is 2.12. The summed E-state index contributed by atoms with van der Waals surface area (Å²) in [5.41, 5.74) is 2.84. The van der Waals surface area contributed by atoms with Crippen molar-refractivity contribution in [2.45, 2.75) is 26.2 Å². The molecule has 0 atom stereocenters. The molecule has 4 heteroatoms. The highest BCUT2D eigenvalue weighted by atomic mass is 16.5. The van der Waals surface area contributed by atoms with Crippen LogP contribution in [0.15, 0.2) is 54.7 Å². The summed E-state index contributed by atoms with van der Waals surface area (Å²) >= 11 is 0. The predicted molar refractivity (Wildman–Crippen MR) is 105 cm³/mol. The van der Waals surface area contributed by atoms with Crippen molar-refractivity contribution in [1.82, 2.24) is 10.3 Å². The molecule has 0 aliphatic carbocycles. The summed E-state index contributed by atoms with van der Waals surface area (Å²) < 4.78 is 5.16. The number of fused-ring (bicyclic) bond motifs is 1. The molecule has 3 rings (SSSR count). The Morgan fingerprint density at radius 1 is 1.12 bits per heavy atom. The standard InChI is InChI=1S/C22H24N2O2/c1-15(2)18-7-6-17-11-13-23-21(20(17)14-18)22(25)24-12-10-16-4-8-19(26-3)9-5-16/h4-9,11,13-15H,10,12H2,1-3H3,(H,24,25). The van der Waals surface area contributed by atoms with Crippen LogP contribution in [0.3, 0.4) is 0 Å². The largest absolute Gasteiger partial charge is 0.497 e. The summed E-state index contributed by atoms with van der Waals surface area (Å²) in [5.74, 6) is 1.11. The highest BCUT2D eigenvalue weighted by molar-refractivity contribution is 6.05. The Kier molecular flexibility index (Phi) is 5.52. The average molecular weight is 348 g/mol. The van der Waals surface area contributed by atoms with Crippen LogP contribution in [-0.4, -0.2) is 24.5 Å². The van der Waals surface area contributed by atoms with E-state index in [1.54, 1.807) is 13.3 Å². The van der Waals surface area contributed by atoms with Gasteiger partial charge >= 0.3 is 0 Å². The molecule has 0 saturated carbocycles. The van der Waals surface area contributed by atoms with Gasteiger partial charge in [-0.05, 0) is 53.1 Å². The summed E-state index contributed by atoms with van der Waals surface area (Å²) in [6.07, 6.45) is 2.45. The predicted octanol–water partition coefficient (Wildman–Crippen LogP) is 4.34. The van der Waals surface area contributed by atoms with Crippen molar-refractivity contribution in [3.05, 3.63) is 71.5 Å². The molecule has 0 radical (unpaired) electrons. The second kappa shape index (κ2) is 8.00. The molecule has 4 nitrogen and oxygen atoms in total. The number of hydrogen-bond donors (Lipinski definition) is 1. The Labute approximate surface area is 154 Å². The fourth-order valence-corrected chi connectivity index (χ4v) is 2.92. The van der Waals surface area contributed by atoms with Gasteiger partial charge in [0.25, 0.3) is 5.91 Å². The third kappa shape index (κ3) is 4.02. The Morgan fingerprint density at radius 3 is 2.58 bits per heavy atom. The van der Waals surface area contributed by atoms with Gasteiger partial charge in [0, 0.05) is 18.1 Å². The van der Waals surface area contributed by atoms with Gasteiger partial charge in [0.05, 0.1) is 7.11 Å². The zero-order valence-corrected chi connectivity index (χ0v) is 15.5. The topological polar surface area (TPSA) is 51.2 Å². The van der Waals surface area contributed by atoms with Crippen molar-refractivity contribution in [2.75, 3.05) is 13.7 Å². The number of pyridine rings is 1. The maximum absolute atomic E-state index is 12.6. The average Bonchev–Trinajstić information content (AvgIpc) is 2.67.